The lowest BCUT2D eigenvalue weighted by Crippen LogP contribution is -2.21. The molecule has 0 spiro atoms. The van der Waals surface area contributed by atoms with E-state index in [9.17, 15) is 4.79 Å². The molecule has 1 aromatic carbocycles. The fraction of sp³-hybridized carbons (Fsp3) is 0.533. The summed E-state index contributed by atoms with van der Waals surface area (Å²) in [6, 6.07) is 5.79. The summed E-state index contributed by atoms with van der Waals surface area (Å²) in [6.45, 7) is 3.35. The minimum absolute atomic E-state index is 0.0130. The molecule has 0 saturated carbocycles. The van der Waals surface area contributed by atoms with Crippen molar-refractivity contribution in [2.45, 2.75) is 19.8 Å². The molecule has 0 bridgehead atoms. The Morgan fingerprint density at radius 1 is 1.42 bits per heavy atom. The molecule has 1 heterocycles. The van der Waals surface area contributed by atoms with Gasteiger partial charge in [0.2, 0.25) is 0 Å². The SMILES string of the molecule is CCc1ccc(OCC(=O)C2CCOC2)c(OC)c1. The van der Waals surface area contributed by atoms with E-state index >= 15 is 0 Å². The molecule has 1 saturated heterocycles. The van der Waals surface area contributed by atoms with Crippen molar-refractivity contribution in [3.63, 3.8) is 0 Å². The maximum absolute atomic E-state index is 11.9. The van der Waals surface area contributed by atoms with Crippen LogP contribution >= 0.6 is 0 Å². The highest BCUT2D eigenvalue weighted by Crippen LogP contribution is 2.28. The lowest BCUT2D eigenvalue weighted by atomic mass is 10.0. The number of hydrogen-bond acceptors (Lipinski definition) is 4. The van der Waals surface area contributed by atoms with E-state index in [2.05, 4.69) is 6.92 Å². The van der Waals surface area contributed by atoms with E-state index in [1.807, 2.05) is 18.2 Å². The fourth-order valence-corrected chi connectivity index (χ4v) is 2.11. The zero-order chi connectivity index (χ0) is 13.7. The first kappa shape index (κ1) is 13.9. The van der Waals surface area contributed by atoms with Gasteiger partial charge in [-0.2, -0.15) is 0 Å². The van der Waals surface area contributed by atoms with Crippen molar-refractivity contribution in [2.24, 2.45) is 5.92 Å². The van der Waals surface area contributed by atoms with Crippen LogP contribution in [0.3, 0.4) is 0 Å². The second-order valence-electron chi connectivity index (χ2n) is 4.65. The number of Topliss-reactive ketones (excluding diaryl/α,β-unsaturated/α-hetero) is 1. The maximum Gasteiger partial charge on any atom is 0.175 e. The van der Waals surface area contributed by atoms with E-state index < -0.39 is 0 Å². The van der Waals surface area contributed by atoms with Gasteiger partial charge in [-0.15, -0.1) is 0 Å². The monoisotopic (exact) mass is 264 g/mol. The number of ketones is 1. The summed E-state index contributed by atoms with van der Waals surface area (Å²) in [6.07, 6.45) is 1.74. The van der Waals surface area contributed by atoms with Crippen LogP contribution in [0.5, 0.6) is 11.5 Å². The summed E-state index contributed by atoms with van der Waals surface area (Å²) in [5, 5.41) is 0. The van der Waals surface area contributed by atoms with Crippen LogP contribution in [0.25, 0.3) is 0 Å². The van der Waals surface area contributed by atoms with Crippen molar-refractivity contribution >= 4 is 5.78 Å². The van der Waals surface area contributed by atoms with Crippen LogP contribution < -0.4 is 9.47 Å². The van der Waals surface area contributed by atoms with Gasteiger partial charge in [-0.1, -0.05) is 13.0 Å². The van der Waals surface area contributed by atoms with Crippen molar-refractivity contribution in [3.8, 4) is 11.5 Å². The van der Waals surface area contributed by atoms with Gasteiger partial charge in [-0.25, -0.2) is 0 Å². The van der Waals surface area contributed by atoms with E-state index in [1.165, 1.54) is 5.56 Å². The zero-order valence-electron chi connectivity index (χ0n) is 11.5. The molecule has 1 unspecified atom stereocenters. The normalized spacial score (nSPS) is 18.3. The second kappa shape index (κ2) is 6.57. The van der Waals surface area contributed by atoms with Crippen molar-refractivity contribution in [1.29, 1.82) is 0 Å². The number of methoxy groups -OCH3 is 1. The smallest absolute Gasteiger partial charge is 0.175 e. The van der Waals surface area contributed by atoms with Crippen LogP contribution in [0.2, 0.25) is 0 Å². The first-order valence-electron chi connectivity index (χ1n) is 6.64. The molecule has 1 aliphatic heterocycles. The summed E-state index contributed by atoms with van der Waals surface area (Å²) in [5.41, 5.74) is 1.18. The first-order valence-corrected chi connectivity index (χ1v) is 6.64. The third kappa shape index (κ3) is 3.47. The molecule has 4 nitrogen and oxygen atoms in total. The van der Waals surface area contributed by atoms with E-state index in [1.54, 1.807) is 7.11 Å². The third-order valence-electron chi connectivity index (χ3n) is 3.39. The summed E-state index contributed by atoms with van der Waals surface area (Å²) >= 11 is 0. The van der Waals surface area contributed by atoms with E-state index in [0.717, 1.165) is 12.8 Å². The Bertz CT molecular complexity index is 436. The number of aryl methyl sites for hydroxylation is 1. The number of ether oxygens (including phenoxy) is 3. The molecule has 19 heavy (non-hydrogen) atoms. The van der Waals surface area contributed by atoms with Gasteiger partial charge in [-0.05, 0) is 30.5 Å². The molecule has 1 aromatic rings. The van der Waals surface area contributed by atoms with Crippen LogP contribution in [-0.4, -0.2) is 32.7 Å². The molecule has 104 valence electrons. The number of benzene rings is 1. The molecular weight excluding hydrogens is 244 g/mol. The quantitative estimate of drug-likeness (QED) is 0.790. The minimum Gasteiger partial charge on any atom is -0.493 e. The molecule has 4 heteroatoms. The van der Waals surface area contributed by atoms with Crippen LogP contribution in [0.15, 0.2) is 18.2 Å². The molecule has 2 rings (SSSR count). The summed E-state index contributed by atoms with van der Waals surface area (Å²) < 4.78 is 16.1. The van der Waals surface area contributed by atoms with Gasteiger partial charge >= 0.3 is 0 Å². The first-order chi connectivity index (χ1) is 9.24. The Morgan fingerprint density at radius 2 is 2.26 bits per heavy atom. The predicted octanol–water partition coefficient (Wildman–Crippen LogP) is 2.24. The van der Waals surface area contributed by atoms with E-state index in [0.29, 0.717) is 24.7 Å². The number of hydrogen-bond donors (Lipinski definition) is 0. The highest BCUT2D eigenvalue weighted by atomic mass is 16.5. The van der Waals surface area contributed by atoms with Gasteiger partial charge in [0, 0.05) is 12.5 Å². The Morgan fingerprint density at radius 3 is 2.89 bits per heavy atom. The van der Waals surface area contributed by atoms with Crippen LogP contribution in [0.4, 0.5) is 0 Å². The van der Waals surface area contributed by atoms with Crippen molar-refractivity contribution in [2.75, 3.05) is 26.9 Å². The topological polar surface area (TPSA) is 44.8 Å². The predicted molar refractivity (Wildman–Crippen MR) is 71.8 cm³/mol. The van der Waals surface area contributed by atoms with E-state index in [-0.39, 0.29) is 18.3 Å². The second-order valence-corrected chi connectivity index (χ2v) is 4.65. The Labute approximate surface area is 113 Å². The highest BCUT2D eigenvalue weighted by molar-refractivity contribution is 5.82. The molecule has 0 aromatic heterocycles. The Hall–Kier alpha value is -1.55. The maximum atomic E-state index is 11.9. The standard InChI is InChI=1S/C15H20O4/c1-3-11-4-5-14(15(8-11)17-2)19-10-13(16)12-6-7-18-9-12/h4-5,8,12H,3,6-7,9-10H2,1-2H3. The molecule has 0 amide bonds. The van der Waals surface area contributed by atoms with Crippen LogP contribution in [0.1, 0.15) is 18.9 Å². The van der Waals surface area contributed by atoms with Gasteiger partial charge in [-0.3, -0.25) is 4.79 Å². The minimum atomic E-state index is -0.0130. The van der Waals surface area contributed by atoms with Gasteiger partial charge in [0.05, 0.1) is 13.7 Å². The zero-order valence-corrected chi connectivity index (χ0v) is 11.5. The van der Waals surface area contributed by atoms with Gasteiger partial charge in [0.15, 0.2) is 17.3 Å². The lowest BCUT2D eigenvalue weighted by Gasteiger charge is -2.12. The van der Waals surface area contributed by atoms with Crippen LogP contribution in [-0.2, 0) is 16.0 Å². The number of rotatable bonds is 6. The average molecular weight is 264 g/mol. The third-order valence-corrected chi connectivity index (χ3v) is 3.39. The van der Waals surface area contributed by atoms with Gasteiger partial charge < -0.3 is 14.2 Å². The number of carbonyl (C=O) groups is 1. The lowest BCUT2D eigenvalue weighted by molar-refractivity contribution is -0.124. The molecular formula is C15H20O4. The Balaban J connectivity index is 1.96. The molecule has 1 fully saturated rings. The number of carbonyl (C=O) groups excluding carboxylic acids is 1. The van der Waals surface area contributed by atoms with E-state index in [4.69, 9.17) is 14.2 Å². The van der Waals surface area contributed by atoms with Crippen molar-refractivity contribution in [1.82, 2.24) is 0 Å². The average Bonchev–Trinajstić information content (AvgIpc) is 2.98. The van der Waals surface area contributed by atoms with Crippen molar-refractivity contribution < 1.29 is 19.0 Å². The highest BCUT2D eigenvalue weighted by Gasteiger charge is 2.23. The van der Waals surface area contributed by atoms with Gasteiger partial charge in [0.1, 0.15) is 6.61 Å². The Kier molecular flexibility index (Phi) is 4.80. The summed E-state index contributed by atoms with van der Waals surface area (Å²) in [7, 11) is 1.61. The summed E-state index contributed by atoms with van der Waals surface area (Å²) in [4.78, 5) is 11.9. The molecule has 1 aliphatic rings. The fourth-order valence-electron chi connectivity index (χ4n) is 2.11. The van der Waals surface area contributed by atoms with Crippen LogP contribution in [0, 0.1) is 5.92 Å². The summed E-state index contributed by atoms with van der Waals surface area (Å²) in [5.74, 6) is 1.38. The largest absolute Gasteiger partial charge is 0.493 e. The molecule has 0 aliphatic carbocycles. The molecule has 0 N–H and O–H groups in total. The van der Waals surface area contributed by atoms with Gasteiger partial charge in [0.25, 0.3) is 0 Å². The molecule has 1 atom stereocenters. The molecule has 0 radical (unpaired) electrons. The van der Waals surface area contributed by atoms with Crippen molar-refractivity contribution in [3.05, 3.63) is 23.8 Å².